The largest absolute Gasteiger partial charge is 0.350 e. The van der Waals surface area contributed by atoms with Gasteiger partial charge in [-0.1, -0.05) is 35.0 Å². The van der Waals surface area contributed by atoms with Crippen molar-refractivity contribution < 1.29 is 9.32 Å². The molecule has 0 aliphatic heterocycles. The Morgan fingerprint density at radius 3 is 2.47 bits per heavy atom. The van der Waals surface area contributed by atoms with Crippen LogP contribution < -0.4 is 0 Å². The van der Waals surface area contributed by atoms with E-state index in [1.54, 1.807) is 20.2 Å². The highest BCUT2D eigenvalue weighted by molar-refractivity contribution is 5.92. The molecule has 0 saturated carbocycles. The fraction of sp³-hybridized carbons (Fsp3) is 0.231. The van der Waals surface area contributed by atoms with Crippen molar-refractivity contribution in [3.8, 4) is 11.3 Å². The molecule has 0 unspecified atom stereocenters. The van der Waals surface area contributed by atoms with Crippen LogP contribution in [-0.4, -0.2) is 30.1 Å². The first-order chi connectivity index (χ1) is 8.08. The van der Waals surface area contributed by atoms with E-state index in [2.05, 4.69) is 5.16 Å². The van der Waals surface area contributed by atoms with Crippen molar-refractivity contribution in [2.45, 2.75) is 6.92 Å². The molecule has 0 atom stereocenters. The molecule has 1 aromatic carbocycles. The summed E-state index contributed by atoms with van der Waals surface area (Å²) >= 11 is 0. The lowest BCUT2D eigenvalue weighted by atomic mass is 10.1. The van der Waals surface area contributed by atoms with Gasteiger partial charge in [-0.05, 0) is 6.92 Å². The highest BCUT2D eigenvalue weighted by Gasteiger charge is 2.15. The fourth-order valence-corrected chi connectivity index (χ4v) is 1.46. The van der Waals surface area contributed by atoms with Crippen LogP contribution in [0.1, 0.15) is 16.1 Å². The highest BCUT2D eigenvalue weighted by Crippen LogP contribution is 2.19. The molecule has 1 amide bonds. The summed E-state index contributed by atoms with van der Waals surface area (Å²) in [5.74, 6) is 0.0708. The first-order valence-corrected chi connectivity index (χ1v) is 5.33. The van der Waals surface area contributed by atoms with Crippen LogP contribution in [0.25, 0.3) is 11.3 Å². The molecular formula is C13H14N2O2. The topological polar surface area (TPSA) is 46.3 Å². The molecule has 0 saturated heterocycles. The molecule has 0 aliphatic carbocycles. The average molecular weight is 230 g/mol. The zero-order valence-electron chi connectivity index (χ0n) is 10.1. The van der Waals surface area contributed by atoms with E-state index in [9.17, 15) is 4.79 Å². The van der Waals surface area contributed by atoms with Crippen LogP contribution in [0, 0.1) is 6.92 Å². The maximum Gasteiger partial charge on any atom is 0.291 e. The molecule has 4 nitrogen and oxygen atoms in total. The van der Waals surface area contributed by atoms with Gasteiger partial charge in [-0.25, -0.2) is 0 Å². The number of rotatable bonds is 2. The van der Waals surface area contributed by atoms with E-state index < -0.39 is 0 Å². The summed E-state index contributed by atoms with van der Waals surface area (Å²) < 4.78 is 5.03. The van der Waals surface area contributed by atoms with Crippen LogP contribution in [0.15, 0.2) is 34.9 Å². The third-order valence-electron chi connectivity index (χ3n) is 2.47. The van der Waals surface area contributed by atoms with Crippen molar-refractivity contribution >= 4 is 5.91 Å². The molecule has 88 valence electrons. The van der Waals surface area contributed by atoms with Gasteiger partial charge < -0.3 is 9.42 Å². The van der Waals surface area contributed by atoms with Gasteiger partial charge in [-0.15, -0.1) is 0 Å². The summed E-state index contributed by atoms with van der Waals surface area (Å²) in [5.41, 5.74) is 2.80. The van der Waals surface area contributed by atoms with E-state index in [1.807, 2.05) is 31.2 Å². The van der Waals surface area contributed by atoms with E-state index in [-0.39, 0.29) is 11.7 Å². The predicted molar refractivity (Wildman–Crippen MR) is 64.7 cm³/mol. The average Bonchev–Trinajstić information content (AvgIpc) is 2.78. The van der Waals surface area contributed by atoms with E-state index in [1.165, 1.54) is 10.5 Å². The van der Waals surface area contributed by atoms with Crippen LogP contribution in [0.4, 0.5) is 0 Å². The minimum atomic E-state index is -0.184. The number of nitrogens with zero attached hydrogens (tertiary/aromatic N) is 2. The summed E-state index contributed by atoms with van der Waals surface area (Å²) in [5, 5.41) is 3.90. The van der Waals surface area contributed by atoms with Gasteiger partial charge in [0.15, 0.2) is 0 Å². The molecule has 0 N–H and O–H groups in total. The second kappa shape index (κ2) is 4.41. The molecule has 0 spiro atoms. The minimum Gasteiger partial charge on any atom is -0.350 e. The number of carbonyl (C=O) groups excluding carboxylic acids is 1. The SMILES string of the molecule is Cc1ccc(-c2cc(C(=O)N(C)C)on2)cc1. The third-order valence-corrected chi connectivity index (χ3v) is 2.47. The Labute approximate surface area is 99.8 Å². The molecule has 0 fully saturated rings. The Bertz CT molecular complexity index is 527. The number of aromatic nitrogens is 1. The second-order valence-electron chi connectivity index (χ2n) is 4.14. The van der Waals surface area contributed by atoms with E-state index >= 15 is 0 Å². The number of amides is 1. The van der Waals surface area contributed by atoms with Crippen molar-refractivity contribution in [2.75, 3.05) is 14.1 Å². The molecule has 2 rings (SSSR count). The lowest BCUT2D eigenvalue weighted by molar-refractivity contribution is 0.0787. The van der Waals surface area contributed by atoms with Gasteiger partial charge in [0.05, 0.1) is 0 Å². The Kier molecular flexibility index (Phi) is 2.95. The van der Waals surface area contributed by atoms with E-state index in [0.29, 0.717) is 5.69 Å². The fourth-order valence-electron chi connectivity index (χ4n) is 1.46. The van der Waals surface area contributed by atoms with Gasteiger partial charge in [0, 0.05) is 25.7 Å². The lowest BCUT2D eigenvalue weighted by Crippen LogP contribution is -2.20. The number of hydrogen-bond acceptors (Lipinski definition) is 3. The zero-order chi connectivity index (χ0) is 12.4. The first kappa shape index (κ1) is 11.4. The highest BCUT2D eigenvalue weighted by atomic mass is 16.5. The van der Waals surface area contributed by atoms with Gasteiger partial charge in [-0.3, -0.25) is 4.79 Å². The van der Waals surface area contributed by atoms with Crippen molar-refractivity contribution in [2.24, 2.45) is 0 Å². The maximum absolute atomic E-state index is 11.6. The van der Waals surface area contributed by atoms with E-state index in [0.717, 1.165) is 5.56 Å². The zero-order valence-corrected chi connectivity index (χ0v) is 10.1. The number of aryl methyl sites for hydroxylation is 1. The standard InChI is InChI=1S/C13H14N2O2/c1-9-4-6-10(7-5-9)11-8-12(17-14-11)13(16)15(2)3/h4-8H,1-3H3. The summed E-state index contributed by atoms with van der Waals surface area (Å²) in [6.07, 6.45) is 0. The molecule has 17 heavy (non-hydrogen) atoms. The summed E-state index contributed by atoms with van der Waals surface area (Å²) in [6, 6.07) is 9.57. The molecule has 0 bridgehead atoms. The van der Waals surface area contributed by atoms with Crippen molar-refractivity contribution in [1.29, 1.82) is 0 Å². The molecule has 4 heteroatoms. The normalized spacial score (nSPS) is 10.3. The Morgan fingerprint density at radius 2 is 1.88 bits per heavy atom. The summed E-state index contributed by atoms with van der Waals surface area (Å²) in [7, 11) is 3.35. The van der Waals surface area contributed by atoms with Crippen molar-refractivity contribution in [1.82, 2.24) is 10.1 Å². The Balaban J connectivity index is 2.30. The van der Waals surface area contributed by atoms with E-state index in [4.69, 9.17) is 4.52 Å². The Hall–Kier alpha value is -2.10. The Morgan fingerprint density at radius 1 is 1.24 bits per heavy atom. The number of carbonyl (C=O) groups is 1. The summed E-state index contributed by atoms with van der Waals surface area (Å²) in [4.78, 5) is 13.1. The van der Waals surface area contributed by atoms with Gasteiger partial charge in [-0.2, -0.15) is 0 Å². The molecule has 2 aromatic rings. The van der Waals surface area contributed by atoms with Crippen molar-refractivity contribution in [3.05, 3.63) is 41.7 Å². The molecular weight excluding hydrogens is 216 g/mol. The molecule has 0 aliphatic rings. The summed E-state index contributed by atoms with van der Waals surface area (Å²) in [6.45, 7) is 2.02. The maximum atomic E-state index is 11.6. The van der Waals surface area contributed by atoms with Crippen LogP contribution in [0.3, 0.4) is 0 Å². The third kappa shape index (κ3) is 2.36. The van der Waals surface area contributed by atoms with Gasteiger partial charge in [0.2, 0.25) is 5.76 Å². The quantitative estimate of drug-likeness (QED) is 0.795. The first-order valence-electron chi connectivity index (χ1n) is 5.33. The second-order valence-corrected chi connectivity index (χ2v) is 4.14. The smallest absolute Gasteiger partial charge is 0.291 e. The molecule has 1 aromatic heterocycles. The van der Waals surface area contributed by atoms with Crippen molar-refractivity contribution in [3.63, 3.8) is 0 Å². The van der Waals surface area contributed by atoms with Gasteiger partial charge in [0.25, 0.3) is 5.91 Å². The number of hydrogen-bond donors (Lipinski definition) is 0. The van der Waals surface area contributed by atoms with Crippen LogP contribution >= 0.6 is 0 Å². The monoisotopic (exact) mass is 230 g/mol. The van der Waals surface area contributed by atoms with Crippen LogP contribution in [0.2, 0.25) is 0 Å². The van der Waals surface area contributed by atoms with Gasteiger partial charge in [0.1, 0.15) is 5.69 Å². The molecule has 1 heterocycles. The minimum absolute atomic E-state index is 0.184. The number of benzene rings is 1. The molecule has 0 radical (unpaired) electrons. The lowest BCUT2D eigenvalue weighted by Gasteiger charge is -2.05. The van der Waals surface area contributed by atoms with Crippen LogP contribution in [-0.2, 0) is 0 Å². The predicted octanol–water partition coefficient (Wildman–Crippen LogP) is 2.35. The van der Waals surface area contributed by atoms with Gasteiger partial charge >= 0.3 is 0 Å². The van der Waals surface area contributed by atoms with Crippen LogP contribution in [0.5, 0.6) is 0 Å².